The third-order valence-electron chi connectivity index (χ3n) is 1.98. The minimum Gasteiger partial charge on any atom is -0.337 e. The zero-order valence-electron chi connectivity index (χ0n) is 7.10. The zero-order valence-corrected chi connectivity index (χ0v) is 8.00. The molecule has 1 aromatic carbocycles. The van der Waals surface area contributed by atoms with Gasteiger partial charge in [0.2, 0.25) is 0 Å². The number of hydrogen-bond acceptors (Lipinski definition) is 2. The van der Waals surface area contributed by atoms with Crippen molar-refractivity contribution in [2.75, 3.05) is 24.5 Å². The van der Waals surface area contributed by atoms with E-state index in [0.29, 0.717) is 0 Å². The van der Waals surface area contributed by atoms with Gasteiger partial charge in [0.15, 0.2) is 0 Å². The predicted octanol–water partition coefficient (Wildman–Crippen LogP) is 2.46. The number of anilines is 1. The van der Waals surface area contributed by atoms with Gasteiger partial charge in [-0.05, 0) is 18.8 Å². The van der Waals surface area contributed by atoms with Crippen LogP contribution >= 0.6 is 8.30 Å². The standard InChI is InChI=1S/C9H12NOP/c1-12-10(7-8-11-12)9-5-3-2-4-6-9/h2-6H,7-8H2,1H3. The molecule has 0 aromatic heterocycles. The highest BCUT2D eigenvalue weighted by Gasteiger charge is 2.20. The first kappa shape index (κ1) is 8.03. The SMILES string of the molecule is CP1OCCN1c1ccccc1. The molecule has 1 aromatic rings. The van der Waals surface area contributed by atoms with Crippen molar-refractivity contribution in [3.63, 3.8) is 0 Å². The summed E-state index contributed by atoms with van der Waals surface area (Å²) >= 11 is 0. The van der Waals surface area contributed by atoms with E-state index in [9.17, 15) is 0 Å². The van der Waals surface area contributed by atoms with Crippen molar-refractivity contribution in [3.05, 3.63) is 30.3 Å². The summed E-state index contributed by atoms with van der Waals surface area (Å²) in [6, 6.07) is 10.4. The number of para-hydroxylation sites is 1. The number of nitrogens with zero attached hydrogens (tertiary/aromatic N) is 1. The van der Waals surface area contributed by atoms with Gasteiger partial charge in [0.1, 0.15) is 8.30 Å². The lowest BCUT2D eigenvalue weighted by molar-refractivity contribution is 0.400. The fourth-order valence-electron chi connectivity index (χ4n) is 1.36. The highest BCUT2D eigenvalue weighted by Crippen LogP contribution is 2.44. The van der Waals surface area contributed by atoms with Crippen LogP contribution in [0.1, 0.15) is 0 Å². The highest BCUT2D eigenvalue weighted by molar-refractivity contribution is 7.53. The van der Waals surface area contributed by atoms with Crippen molar-refractivity contribution >= 4 is 14.0 Å². The van der Waals surface area contributed by atoms with Gasteiger partial charge in [0.05, 0.1) is 6.61 Å². The van der Waals surface area contributed by atoms with Gasteiger partial charge in [0, 0.05) is 12.2 Å². The molecule has 1 atom stereocenters. The van der Waals surface area contributed by atoms with Gasteiger partial charge < -0.3 is 9.19 Å². The van der Waals surface area contributed by atoms with Crippen molar-refractivity contribution in [3.8, 4) is 0 Å². The smallest absolute Gasteiger partial charge is 0.129 e. The lowest BCUT2D eigenvalue weighted by Gasteiger charge is -2.20. The molecule has 1 aliphatic rings. The Kier molecular flexibility index (Phi) is 2.29. The molecular weight excluding hydrogens is 169 g/mol. The number of rotatable bonds is 1. The van der Waals surface area contributed by atoms with Crippen molar-refractivity contribution in [1.29, 1.82) is 0 Å². The normalized spacial score (nSPS) is 23.1. The van der Waals surface area contributed by atoms with Crippen molar-refractivity contribution in [2.45, 2.75) is 0 Å². The third kappa shape index (κ3) is 1.45. The Hall–Kier alpha value is -0.590. The van der Waals surface area contributed by atoms with Crippen LogP contribution in [0.25, 0.3) is 0 Å². The van der Waals surface area contributed by atoms with Crippen LogP contribution in [0.4, 0.5) is 5.69 Å². The van der Waals surface area contributed by atoms with Crippen LogP contribution in [0.5, 0.6) is 0 Å². The number of hydrogen-bond donors (Lipinski definition) is 0. The van der Waals surface area contributed by atoms with Crippen LogP contribution in [-0.4, -0.2) is 19.8 Å². The summed E-state index contributed by atoms with van der Waals surface area (Å²) in [6.07, 6.45) is 0. The van der Waals surface area contributed by atoms with E-state index in [-0.39, 0.29) is 8.30 Å². The van der Waals surface area contributed by atoms with Crippen molar-refractivity contribution in [2.24, 2.45) is 0 Å². The molecule has 0 bridgehead atoms. The summed E-state index contributed by atoms with van der Waals surface area (Å²) in [4.78, 5) is 0. The van der Waals surface area contributed by atoms with E-state index >= 15 is 0 Å². The minimum absolute atomic E-state index is 0.371. The first-order valence-electron chi connectivity index (χ1n) is 4.07. The Balaban J connectivity index is 2.19. The molecule has 1 heterocycles. The molecule has 64 valence electrons. The summed E-state index contributed by atoms with van der Waals surface area (Å²) < 4.78 is 7.84. The highest BCUT2D eigenvalue weighted by atomic mass is 31.2. The Morgan fingerprint density at radius 3 is 2.67 bits per heavy atom. The van der Waals surface area contributed by atoms with Gasteiger partial charge in [0.25, 0.3) is 0 Å². The van der Waals surface area contributed by atoms with E-state index in [1.165, 1.54) is 5.69 Å². The van der Waals surface area contributed by atoms with Gasteiger partial charge in [-0.25, -0.2) is 0 Å². The summed E-state index contributed by atoms with van der Waals surface area (Å²) in [6.45, 7) is 4.05. The molecule has 1 saturated heterocycles. The van der Waals surface area contributed by atoms with E-state index < -0.39 is 0 Å². The van der Waals surface area contributed by atoms with Crippen LogP contribution in [0.2, 0.25) is 0 Å². The maximum atomic E-state index is 5.51. The van der Waals surface area contributed by atoms with Crippen molar-refractivity contribution in [1.82, 2.24) is 0 Å². The molecule has 12 heavy (non-hydrogen) atoms. The Morgan fingerprint density at radius 1 is 1.33 bits per heavy atom. The summed E-state index contributed by atoms with van der Waals surface area (Å²) in [5, 5.41) is 0. The maximum Gasteiger partial charge on any atom is 0.129 e. The second kappa shape index (κ2) is 3.42. The molecule has 0 amide bonds. The number of benzene rings is 1. The molecule has 1 fully saturated rings. The molecule has 0 aliphatic carbocycles. The van der Waals surface area contributed by atoms with E-state index in [0.717, 1.165) is 13.2 Å². The van der Waals surface area contributed by atoms with Gasteiger partial charge in [-0.2, -0.15) is 0 Å². The van der Waals surface area contributed by atoms with E-state index in [2.05, 4.69) is 35.6 Å². The van der Waals surface area contributed by atoms with Gasteiger partial charge in [-0.1, -0.05) is 18.2 Å². The maximum absolute atomic E-state index is 5.51. The molecule has 3 heteroatoms. The largest absolute Gasteiger partial charge is 0.337 e. The first-order chi connectivity index (χ1) is 5.88. The van der Waals surface area contributed by atoms with Crippen LogP contribution in [-0.2, 0) is 4.52 Å². The third-order valence-corrected chi connectivity index (χ3v) is 3.64. The van der Waals surface area contributed by atoms with E-state index in [4.69, 9.17) is 4.52 Å². The van der Waals surface area contributed by atoms with Crippen LogP contribution in [0.3, 0.4) is 0 Å². The monoisotopic (exact) mass is 181 g/mol. The van der Waals surface area contributed by atoms with Gasteiger partial charge in [-0.15, -0.1) is 0 Å². The zero-order chi connectivity index (χ0) is 8.39. The second-order valence-corrected chi connectivity index (χ2v) is 4.43. The molecule has 0 N–H and O–H groups in total. The average molecular weight is 181 g/mol. The minimum atomic E-state index is -0.371. The lowest BCUT2D eigenvalue weighted by atomic mass is 10.3. The van der Waals surface area contributed by atoms with Gasteiger partial charge in [-0.3, -0.25) is 0 Å². The summed E-state index contributed by atoms with van der Waals surface area (Å²) in [7, 11) is -0.371. The Bertz CT molecular complexity index is 252. The molecule has 0 spiro atoms. The Morgan fingerprint density at radius 2 is 2.08 bits per heavy atom. The van der Waals surface area contributed by atoms with E-state index in [1.54, 1.807) is 0 Å². The van der Waals surface area contributed by atoms with Crippen LogP contribution in [0, 0.1) is 0 Å². The molecule has 2 rings (SSSR count). The first-order valence-corrected chi connectivity index (χ1v) is 5.73. The summed E-state index contributed by atoms with van der Waals surface area (Å²) in [5.41, 5.74) is 1.28. The Labute approximate surface area is 74.0 Å². The molecule has 1 unspecified atom stereocenters. The van der Waals surface area contributed by atoms with E-state index in [1.807, 2.05) is 6.07 Å². The van der Waals surface area contributed by atoms with Crippen LogP contribution < -0.4 is 4.67 Å². The second-order valence-electron chi connectivity index (χ2n) is 2.76. The topological polar surface area (TPSA) is 12.5 Å². The van der Waals surface area contributed by atoms with Crippen molar-refractivity contribution < 1.29 is 4.52 Å². The predicted molar refractivity (Wildman–Crippen MR) is 52.6 cm³/mol. The fraction of sp³-hybridized carbons (Fsp3) is 0.333. The summed E-state index contributed by atoms with van der Waals surface area (Å²) in [5.74, 6) is 0. The van der Waals surface area contributed by atoms with Crippen LogP contribution in [0.15, 0.2) is 30.3 Å². The fourth-order valence-corrected chi connectivity index (χ4v) is 2.67. The lowest BCUT2D eigenvalue weighted by Crippen LogP contribution is -2.11. The van der Waals surface area contributed by atoms with Gasteiger partial charge >= 0.3 is 0 Å². The molecular formula is C9H12NOP. The average Bonchev–Trinajstić information content (AvgIpc) is 2.53. The molecule has 1 aliphatic heterocycles. The molecule has 2 nitrogen and oxygen atoms in total. The quantitative estimate of drug-likeness (QED) is 0.617. The molecule has 0 saturated carbocycles. The molecule has 0 radical (unpaired) electrons.